The fourth-order valence-corrected chi connectivity index (χ4v) is 3.60. The van der Waals surface area contributed by atoms with Gasteiger partial charge in [-0.1, -0.05) is 78.9 Å². The molecule has 1 heterocycles. The Morgan fingerprint density at radius 3 is 1.72 bits per heavy atom. The smallest absolute Gasteiger partial charge is 0.344 e. The summed E-state index contributed by atoms with van der Waals surface area (Å²) >= 11 is 0. The molecule has 25 heavy (non-hydrogen) atoms. The van der Waals surface area contributed by atoms with Crippen molar-refractivity contribution in [3.05, 3.63) is 107 Å². The largest absolute Gasteiger partial charge is 0.422 e. The highest BCUT2D eigenvalue weighted by Gasteiger charge is 2.31. The topological polar surface area (TPSA) is 26.3 Å². The van der Waals surface area contributed by atoms with Crippen LogP contribution < -0.4 is 0 Å². The first-order valence-electron chi connectivity index (χ1n) is 8.26. The summed E-state index contributed by atoms with van der Waals surface area (Å²) in [5.41, 5.74) is 6.98. The summed E-state index contributed by atoms with van der Waals surface area (Å²) < 4.78 is 5.57. The van der Waals surface area contributed by atoms with Gasteiger partial charge >= 0.3 is 5.97 Å². The van der Waals surface area contributed by atoms with E-state index in [0.717, 1.165) is 33.4 Å². The van der Waals surface area contributed by atoms with Crippen LogP contribution in [-0.2, 0) is 9.53 Å². The van der Waals surface area contributed by atoms with Crippen LogP contribution in [0.2, 0.25) is 0 Å². The molecule has 0 bridgehead atoms. The second kappa shape index (κ2) is 5.32. The number of carbonyl (C=O) groups is 1. The van der Waals surface area contributed by atoms with E-state index in [9.17, 15) is 4.79 Å². The molecule has 0 spiro atoms. The number of fused-ring (bicyclic) bond motifs is 3. The molecular weight excluding hydrogens is 308 g/mol. The van der Waals surface area contributed by atoms with E-state index in [1.54, 1.807) is 0 Å². The highest BCUT2D eigenvalue weighted by Crippen LogP contribution is 2.47. The lowest BCUT2D eigenvalue weighted by atomic mass is 9.98. The molecule has 0 unspecified atom stereocenters. The average molecular weight is 322 g/mol. The first-order valence-corrected chi connectivity index (χ1v) is 8.26. The van der Waals surface area contributed by atoms with Crippen molar-refractivity contribution in [3.8, 4) is 11.1 Å². The first-order chi connectivity index (χ1) is 12.3. The maximum Gasteiger partial charge on any atom is 0.344 e. The summed E-state index contributed by atoms with van der Waals surface area (Å²) in [6.07, 6.45) is 1.87. The van der Waals surface area contributed by atoms with E-state index < -0.39 is 0 Å². The van der Waals surface area contributed by atoms with Crippen molar-refractivity contribution < 1.29 is 9.53 Å². The summed E-state index contributed by atoms with van der Waals surface area (Å²) in [6.45, 7) is 0. The molecule has 1 aliphatic carbocycles. The normalized spacial score (nSPS) is 14.9. The Balaban J connectivity index is 1.77. The lowest BCUT2D eigenvalue weighted by molar-refractivity contribution is -0.130. The van der Waals surface area contributed by atoms with Gasteiger partial charge in [0.2, 0.25) is 0 Å². The lowest BCUT2D eigenvalue weighted by Crippen LogP contribution is -2.00. The van der Waals surface area contributed by atoms with E-state index in [0.29, 0.717) is 11.3 Å². The van der Waals surface area contributed by atoms with E-state index >= 15 is 0 Å². The van der Waals surface area contributed by atoms with Gasteiger partial charge < -0.3 is 4.74 Å². The molecule has 3 aromatic rings. The predicted octanol–water partition coefficient (Wildman–Crippen LogP) is 5.07. The van der Waals surface area contributed by atoms with E-state index in [1.165, 1.54) is 0 Å². The van der Waals surface area contributed by atoms with Crippen molar-refractivity contribution in [2.24, 2.45) is 0 Å². The molecule has 3 aromatic carbocycles. The Morgan fingerprint density at radius 1 is 0.600 bits per heavy atom. The van der Waals surface area contributed by atoms with Crippen molar-refractivity contribution >= 4 is 17.3 Å². The Kier molecular flexibility index (Phi) is 2.98. The molecule has 0 aromatic heterocycles. The summed E-state index contributed by atoms with van der Waals surface area (Å²) in [5.74, 6) is 0.315. The lowest BCUT2D eigenvalue weighted by Gasteiger charge is -2.04. The standard InChI is InChI=1S/C23H14O2/c24-23-20(14-21(25-23)15-8-2-1-3-9-15)22-18-12-6-4-10-16(18)17-11-5-7-13-19(17)22/h1-14H. The molecule has 2 nitrogen and oxygen atoms in total. The average Bonchev–Trinajstić information content (AvgIpc) is 3.20. The molecule has 0 radical (unpaired) electrons. The third-order valence-corrected chi connectivity index (χ3v) is 4.71. The maximum absolute atomic E-state index is 12.6. The predicted molar refractivity (Wildman–Crippen MR) is 98.4 cm³/mol. The monoisotopic (exact) mass is 322 g/mol. The molecule has 0 atom stereocenters. The number of benzene rings is 3. The summed E-state index contributed by atoms with van der Waals surface area (Å²) in [6, 6.07) is 26.1. The molecule has 1 aliphatic heterocycles. The molecule has 0 fully saturated rings. The molecule has 0 N–H and O–H groups in total. The SMILES string of the molecule is O=C1OC(c2ccccc2)=CC1=C1c2ccccc2-c2ccccc21. The summed E-state index contributed by atoms with van der Waals surface area (Å²) in [4.78, 5) is 12.6. The Hall–Kier alpha value is -3.39. The van der Waals surface area contributed by atoms with Gasteiger partial charge in [0.05, 0.1) is 5.57 Å². The second-order valence-electron chi connectivity index (χ2n) is 6.14. The highest BCUT2D eigenvalue weighted by atomic mass is 16.5. The van der Waals surface area contributed by atoms with Crippen molar-refractivity contribution in [3.63, 3.8) is 0 Å². The number of rotatable bonds is 1. The second-order valence-corrected chi connectivity index (χ2v) is 6.14. The van der Waals surface area contributed by atoms with Gasteiger partial charge in [-0.15, -0.1) is 0 Å². The Labute approximate surface area is 145 Å². The van der Waals surface area contributed by atoms with E-state index in [2.05, 4.69) is 24.3 Å². The summed E-state index contributed by atoms with van der Waals surface area (Å²) in [5, 5.41) is 0. The fourth-order valence-electron chi connectivity index (χ4n) is 3.60. The molecular formula is C23H14O2. The molecule has 0 saturated heterocycles. The molecule has 0 amide bonds. The van der Waals surface area contributed by atoms with E-state index in [1.807, 2.05) is 60.7 Å². The minimum atomic E-state index is -0.291. The van der Waals surface area contributed by atoms with Gasteiger partial charge in [0, 0.05) is 11.1 Å². The number of hydrogen-bond acceptors (Lipinski definition) is 2. The molecule has 2 heteroatoms. The number of cyclic esters (lactones) is 1. The Morgan fingerprint density at radius 2 is 1.12 bits per heavy atom. The zero-order valence-corrected chi connectivity index (χ0v) is 13.4. The minimum Gasteiger partial charge on any atom is -0.422 e. The number of esters is 1. The summed E-state index contributed by atoms with van der Waals surface area (Å²) in [7, 11) is 0. The van der Waals surface area contributed by atoms with Gasteiger partial charge in [-0.2, -0.15) is 0 Å². The van der Waals surface area contributed by atoms with Gasteiger partial charge in [0.25, 0.3) is 0 Å². The highest BCUT2D eigenvalue weighted by molar-refractivity contribution is 6.15. The van der Waals surface area contributed by atoms with E-state index in [4.69, 9.17) is 4.74 Å². The zero-order chi connectivity index (χ0) is 16.8. The van der Waals surface area contributed by atoms with Crippen molar-refractivity contribution in [2.75, 3.05) is 0 Å². The zero-order valence-electron chi connectivity index (χ0n) is 13.4. The fraction of sp³-hybridized carbons (Fsp3) is 0. The van der Waals surface area contributed by atoms with Crippen LogP contribution in [0.1, 0.15) is 16.7 Å². The van der Waals surface area contributed by atoms with Crippen LogP contribution in [0.15, 0.2) is 90.5 Å². The van der Waals surface area contributed by atoms with Crippen LogP contribution in [0.25, 0.3) is 22.5 Å². The van der Waals surface area contributed by atoms with Gasteiger partial charge in [-0.3, -0.25) is 0 Å². The van der Waals surface area contributed by atoms with Crippen LogP contribution in [0.5, 0.6) is 0 Å². The minimum absolute atomic E-state index is 0.291. The molecule has 5 rings (SSSR count). The van der Waals surface area contributed by atoms with Crippen LogP contribution in [0.3, 0.4) is 0 Å². The van der Waals surface area contributed by atoms with Gasteiger partial charge in [0.1, 0.15) is 5.76 Å². The molecule has 118 valence electrons. The number of hydrogen-bond donors (Lipinski definition) is 0. The van der Waals surface area contributed by atoms with Gasteiger partial charge in [-0.05, 0) is 28.3 Å². The molecule has 0 saturated carbocycles. The van der Waals surface area contributed by atoms with Gasteiger partial charge in [0.15, 0.2) is 0 Å². The van der Waals surface area contributed by atoms with Crippen LogP contribution in [0, 0.1) is 0 Å². The maximum atomic E-state index is 12.6. The quantitative estimate of drug-likeness (QED) is 0.361. The number of carbonyl (C=O) groups excluding carboxylic acids is 1. The van der Waals surface area contributed by atoms with Crippen LogP contribution >= 0.6 is 0 Å². The third-order valence-electron chi connectivity index (χ3n) is 4.71. The van der Waals surface area contributed by atoms with E-state index in [-0.39, 0.29) is 5.97 Å². The van der Waals surface area contributed by atoms with Crippen LogP contribution in [-0.4, -0.2) is 5.97 Å². The third kappa shape index (κ3) is 2.08. The van der Waals surface area contributed by atoms with Gasteiger partial charge in [-0.25, -0.2) is 4.79 Å². The first kappa shape index (κ1) is 14.0. The molecule has 2 aliphatic rings. The van der Waals surface area contributed by atoms with Crippen molar-refractivity contribution in [2.45, 2.75) is 0 Å². The van der Waals surface area contributed by atoms with Crippen LogP contribution in [0.4, 0.5) is 0 Å². The van der Waals surface area contributed by atoms with Crippen molar-refractivity contribution in [1.29, 1.82) is 0 Å². The number of ether oxygens (including phenoxy) is 1. The van der Waals surface area contributed by atoms with Crippen molar-refractivity contribution in [1.82, 2.24) is 0 Å². The Bertz CT molecular complexity index is 1020.